The molecule has 3 amide bonds. The second kappa shape index (κ2) is 9.93. The Labute approximate surface area is 167 Å². The van der Waals surface area contributed by atoms with Crippen LogP contribution < -0.4 is 10.6 Å². The standard InChI is InChI=1S/C23H29N3O2/c1-2-3-14-24-22(27)19-10-7-9-18(16-19)20-11-8-15-26(17-20)23(28)25-21-12-5-4-6-13-21/h4-7,9-10,12-13,16,20H,2-3,8,11,14-15,17H2,1H3,(H,24,27)(H,25,28). The summed E-state index contributed by atoms with van der Waals surface area (Å²) in [6.45, 7) is 4.23. The number of nitrogens with zero attached hydrogens (tertiary/aromatic N) is 1. The van der Waals surface area contributed by atoms with Gasteiger partial charge in [-0.25, -0.2) is 4.79 Å². The van der Waals surface area contributed by atoms with E-state index in [2.05, 4.69) is 23.6 Å². The number of piperidine rings is 1. The maximum Gasteiger partial charge on any atom is 0.321 e. The molecule has 5 heteroatoms. The molecule has 0 aliphatic carbocycles. The SMILES string of the molecule is CCCCNC(=O)c1cccc(C2CCCN(C(=O)Nc3ccccc3)C2)c1. The lowest BCUT2D eigenvalue weighted by molar-refractivity contribution is 0.0953. The van der Waals surface area contributed by atoms with E-state index >= 15 is 0 Å². The van der Waals surface area contributed by atoms with Crippen LogP contribution in [0.1, 0.15) is 54.4 Å². The van der Waals surface area contributed by atoms with Crippen molar-refractivity contribution in [1.29, 1.82) is 0 Å². The largest absolute Gasteiger partial charge is 0.352 e. The average molecular weight is 380 g/mol. The van der Waals surface area contributed by atoms with Crippen LogP contribution in [0.4, 0.5) is 10.5 Å². The summed E-state index contributed by atoms with van der Waals surface area (Å²) in [5.74, 6) is 0.225. The first-order chi connectivity index (χ1) is 13.7. The number of nitrogens with one attached hydrogen (secondary N) is 2. The number of carbonyl (C=O) groups excluding carboxylic acids is 2. The highest BCUT2D eigenvalue weighted by molar-refractivity contribution is 5.94. The summed E-state index contributed by atoms with van der Waals surface area (Å²) in [6, 6.07) is 17.3. The summed E-state index contributed by atoms with van der Waals surface area (Å²) in [5, 5.41) is 5.94. The lowest BCUT2D eigenvalue weighted by Gasteiger charge is -2.33. The Morgan fingerprint density at radius 1 is 1.11 bits per heavy atom. The van der Waals surface area contributed by atoms with E-state index in [9.17, 15) is 9.59 Å². The van der Waals surface area contributed by atoms with E-state index in [1.165, 1.54) is 0 Å². The van der Waals surface area contributed by atoms with Gasteiger partial charge in [-0.2, -0.15) is 0 Å². The highest BCUT2D eigenvalue weighted by Crippen LogP contribution is 2.28. The monoisotopic (exact) mass is 379 g/mol. The fraction of sp³-hybridized carbons (Fsp3) is 0.391. The molecule has 2 N–H and O–H groups in total. The van der Waals surface area contributed by atoms with Crippen LogP contribution in [0.15, 0.2) is 54.6 Å². The molecular formula is C23H29N3O2. The summed E-state index contributed by atoms with van der Waals surface area (Å²) in [5.41, 5.74) is 2.63. The number of anilines is 1. The molecule has 0 spiro atoms. The quantitative estimate of drug-likeness (QED) is 0.719. The van der Waals surface area contributed by atoms with Gasteiger partial charge >= 0.3 is 6.03 Å². The maximum atomic E-state index is 12.6. The number of hydrogen-bond acceptors (Lipinski definition) is 2. The molecule has 5 nitrogen and oxygen atoms in total. The van der Waals surface area contributed by atoms with Crippen LogP contribution in [0.5, 0.6) is 0 Å². The molecule has 1 saturated heterocycles. The van der Waals surface area contributed by atoms with Gasteiger partial charge in [0.15, 0.2) is 0 Å². The molecule has 1 unspecified atom stereocenters. The van der Waals surface area contributed by atoms with E-state index in [4.69, 9.17) is 0 Å². The number of para-hydroxylation sites is 1. The third-order valence-corrected chi connectivity index (χ3v) is 5.17. The van der Waals surface area contributed by atoms with Crippen LogP contribution in [-0.4, -0.2) is 36.5 Å². The van der Waals surface area contributed by atoms with Gasteiger partial charge in [0.1, 0.15) is 0 Å². The molecule has 1 aliphatic rings. The van der Waals surface area contributed by atoms with Crippen molar-refractivity contribution in [2.24, 2.45) is 0 Å². The third kappa shape index (κ3) is 5.35. The van der Waals surface area contributed by atoms with Crippen LogP contribution >= 0.6 is 0 Å². The van der Waals surface area contributed by atoms with Crippen molar-refractivity contribution in [3.63, 3.8) is 0 Å². The van der Waals surface area contributed by atoms with E-state index < -0.39 is 0 Å². The lowest BCUT2D eigenvalue weighted by Crippen LogP contribution is -2.41. The van der Waals surface area contributed by atoms with Crippen molar-refractivity contribution < 1.29 is 9.59 Å². The van der Waals surface area contributed by atoms with Gasteiger partial charge in [-0.05, 0) is 49.1 Å². The maximum absolute atomic E-state index is 12.6. The van der Waals surface area contributed by atoms with Crippen LogP contribution in [0.3, 0.4) is 0 Å². The van der Waals surface area contributed by atoms with E-state index in [1.54, 1.807) is 0 Å². The van der Waals surface area contributed by atoms with Crippen molar-refractivity contribution >= 4 is 17.6 Å². The second-order valence-corrected chi connectivity index (χ2v) is 7.32. The first kappa shape index (κ1) is 19.9. The number of likely N-dealkylation sites (tertiary alicyclic amines) is 1. The molecule has 1 fully saturated rings. The predicted molar refractivity (Wildman–Crippen MR) is 113 cm³/mol. The average Bonchev–Trinajstić information content (AvgIpc) is 2.75. The highest BCUT2D eigenvalue weighted by Gasteiger charge is 2.25. The summed E-state index contributed by atoms with van der Waals surface area (Å²) >= 11 is 0. The van der Waals surface area contributed by atoms with Gasteiger partial charge < -0.3 is 15.5 Å². The third-order valence-electron chi connectivity index (χ3n) is 5.17. The molecule has 0 aromatic heterocycles. The van der Waals surface area contributed by atoms with E-state index in [0.29, 0.717) is 18.7 Å². The number of urea groups is 1. The summed E-state index contributed by atoms with van der Waals surface area (Å²) in [6.07, 6.45) is 4.03. The molecule has 1 heterocycles. The zero-order valence-corrected chi connectivity index (χ0v) is 16.5. The zero-order chi connectivity index (χ0) is 19.8. The molecule has 3 rings (SSSR count). The Kier molecular flexibility index (Phi) is 7.06. The number of carbonyl (C=O) groups is 2. The van der Waals surface area contributed by atoms with Crippen LogP contribution in [0.2, 0.25) is 0 Å². The molecule has 2 aromatic rings. The van der Waals surface area contributed by atoms with Gasteiger partial charge in [-0.15, -0.1) is 0 Å². The fourth-order valence-corrected chi connectivity index (χ4v) is 3.57. The topological polar surface area (TPSA) is 61.4 Å². The van der Waals surface area contributed by atoms with Crippen LogP contribution in [-0.2, 0) is 0 Å². The number of amides is 3. The van der Waals surface area contributed by atoms with Crippen molar-refractivity contribution in [2.45, 2.75) is 38.5 Å². The molecule has 148 valence electrons. The first-order valence-electron chi connectivity index (χ1n) is 10.2. The molecule has 0 bridgehead atoms. The molecule has 2 aromatic carbocycles. The van der Waals surface area contributed by atoms with E-state index in [1.807, 2.05) is 53.4 Å². The fourth-order valence-electron chi connectivity index (χ4n) is 3.57. The predicted octanol–water partition coefficient (Wildman–Crippen LogP) is 4.63. The van der Waals surface area contributed by atoms with E-state index in [-0.39, 0.29) is 17.9 Å². The number of benzene rings is 2. The molecule has 0 saturated carbocycles. The minimum atomic E-state index is -0.0654. The Hall–Kier alpha value is -2.82. The lowest BCUT2D eigenvalue weighted by atomic mass is 9.89. The zero-order valence-electron chi connectivity index (χ0n) is 16.5. The van der Waals surface area contributed by atoms with Gasteiger partial charge in [0, 0.05) is 36.8 Å². The van der Waals surface area contributed by atoms with Crippen molar-refractivity contribution in [2.75, 3.05) is 25.0 Å². The van der Waals surface area contributed by atoms with Crippen LogP contribution in [0, 0.1) is 0 Å². The molecule has 1 aliphatic heterocycles. The van der Waals surface area contributed by atoms with Gasteiger partial charge in [0.05, 0.1) is 0 Å². The van der Waals surface area contributed by atoms with E-state index in [0.717, 1.165) is 43.5 Å². The highest BCUT2D eigenvalue weighted by atomic mass is 16.2. The minimum absolute atomic E-state index is 0.0233. The number of hydrogen-bond donors (Lipinski definition) is 2. The van der Waals surface area contributed by atoms with Crippen molar-refractivity contribution in [3.05, 3.63) is 65.7 Å². The first-order valence-corrected chi connectivity index (χ1v) is 10.2. The minimum Gasteiger partial charge on any atom is -0.352 e. The Morgan fingerprint density at radius 2 is 1.93 bits per heavy atom. The number of unbranched alkanes of at least 4 members (excludes halogenated alkanes) is 1. The Balaban J connectivity index is 1.63. The van der Waals surface area contributed by atoms with Gasteiger partial charge in [0.25, 0.3) is 5.91 Å². The number of rotatable bonds is 6. The normalized spacial score (nSPS) is 16.5. The van der Waals surface area contributed by atoms with Gasteiger partial charge in [0.2, 0.25) is 0 Å². The summed E-state index contributed by atoms with van der Waals surface area (Å²) in [4.78, 5) is 26.8. The van der Waals surface area contributed by atoms with Crippen molar-refractivity contribution in [3.8, 4) is 0 Å². The van der Waals surface area contributed by atoms with Crippen LogP contribution in [0.25, 0.3) is 0 Å². The molecular weight excluding hydrogens is 350 g/mol. The molecule has 28 heavy (non-hydrogen) atoms. The smallest absolute Gasteiger partial charge is 0.321 e. The summed E-state index contributed by atoms with van der Waals surface area (Å²) < 4.78 is 0. The Morgan fingerprint density at radius 3 is 2.71 bits per heavy atom. The second-order valence-electron chi connectivity index (χ2n) is 7.32. The van der Waals surface area contributed by atoms with Crippen molar-refractivity contribution in [1.82, 2.24) is 10.2 Å². The molecule has 0 radical (unpaired) electrons. The Bertz CT molecular complexity index is 791. The molecule has 1 atom stereocenters. The van der Waals surface area contributed by atoms with Gasteiger partial charge in [-0.3, -0.25) is 4.79 Å². The summed E-state index contributed by atoms with van der Waals surface area (Å²) in [7, 11) is 0. The van der Waals surface area contributed by atoms with Gasteiger partial charge in [-0.1, -0.05) is 43.7 Å².